The summed E-state index contributed by atoms with van der Waals surface area (Å²) in [7, 11) is 0. The van der Waals surface area contributed by atoms with Crippen LogP contribution in [-0.4, -0.2) is 64.7 Å². The SMILES string of the molecule is CCN(CC(=O)O)C1CC(NC(=O)N2CCCC2CCC(C)C)C1. The lowest BCUT2D eigenvalue weighted by molar-refractivity contribution is -0.139. The van der Waals surface area contributed by atoms with Gasteiger partial charge >= 0.3 is 12.0 Å². The van der Waals surface area contributed by atoms with E-state index in [4.69, 9.17) is 5.11 Å². The fourth-order valence-electron chi connectivity index (χ4n) is 3.86. The van der Waals surface area contributed by atoms with Gasteiger partial charge in [-0.05, 0) is 51.0 Å². The molecule has 2 amide bonds. The first kappa shape index (κ1) is 19.0. The molecular weight excluding hydrogens is 306 g/mol. The Kier molecular flexibility index (Phi) is 6.90. The number of carbonyl (C=O) groups excluding carboxylic acids is 1. The highest BCUT2D eigenvalue weighted by Crippen LogP contribution is 2.27. The van der Waals surface area contributed by atoms with Crippen LogP contribution >= 0.6 is 0 Å². The predicted octanol–water partition coefficient (Wildman–Crippen LogP) is 2.53. The molecule has 1 aliphatic carbocycles. The van der Waals surface area contributed by atoms with E-state index in [1.807, 2.05) is 16.7 Å². The number of carboxylic acid groups (broad SMARTS) is 1. The van der Waals surface area contributed by atoms with Crippen molar-refractivity contribution in [2.24, 2.45) is 5.92 Å². The van der Waals surface area contributed by atoms with E-state index in [-0.39, 0.29) is 24.7 Å². The number of nitrogens with zero attached hydrogens (tertiary/aromatic N) is 2. The molecule has 6 heteroatoms. The van der Waals surface area contributed by atoms with Crippen LogP contribution in [-0.2, 0) is 4.79 Å². The second kappa shape index (κ2) is 8.70. The van der Waals surface area contributed by atoms with Crippen LogP contribution in [0.25, 0.3) is 0 Å². The number of aliphatic carboxylic acids is 1. The van der Waals surface area contributed by atoms with Crippen molar-refractivity contribution in [1.29, 1.82) is 0 Å². The molecule has 1 unspecified atom stereocenters. The Labute approximate surface area is 145 Å². The minimum atomic E-state index is -0.783. The van der Waals surface area contributed by atoms with Crippen LogP contribution in [0, 0.1) is 5.92 Å². The lowest BCUT2D eigenvalue weighted by atomic mass is 9.85. The van der Waals surface area contributed by atoms with Gasteiger partial charge in [0.1, 0.15) is 0 Å². The zero-order valence-corrected chi connectivity index (χ0v) is 15.3. The molecule has 138 valence electrons. The van der Waals surface area contributed by atoms with Crippen LogP contribution in [0.4, 0.5) is 4.79 Å². The molecule has 0 spiro atoms. The molecule has 24 heavy (non-hydrogen) atoms. The van der Waals surface area contributed by atoms with Gasteiger partial charge in [0, 0.05) is 24.7 Å². The van der Waals surface area contributed by atoms with E-state index in [0.29, 0.717) is 12.0 Å². The highest BCUT2D eigenvalue weighted by atomic mass is 16.4. The van der Waals surface area contributed by atoms with E-state index in [9.17, 15) is 9.59 Å². The zero-order valence-electron chi connectivity index (χ0n) is 15.3. The maximum absolute atomic E-state index is 12.5. The molecule has 0 aromatic rings. The van der Waals surface area contributed by atoms with Crippen molar-refractivity contribution in [1.82, 2.24) is 15.1 Å². The molecule has 2 rings (SSSR count). The summed E-state index contributed by atoms with van der Waals surface area (Å²) in [6, 6.07) is 0.942. The Morgan fingerprint density at radius 3 is 2.62 bits per heavy atom. The van der Waals surface area contributed by atoms with Crippen molar-refractivity contribution in [2.75, 3.05) is 19.6 Å². The summed E-state index contributed by atoms with van der Waals surface area (Å²) in [4.78, 5) is 27.4. The molecule has 1 heterocycles. The molecule has 2 aliphatic rings. The van der Waals surface area contributed by atoms with Gasteiger partial charge in [-0.25, -0.2) is 4.79 Å². The largest absolute Gasteiger partial charge is 0.480 e. The minimum Gasteiger partial charge on any atom is -0.480 e. The van der Waals surface area contributed by atoms with Gasteiger partial charge in [0.2, 0.25) is 0 Å². The van der Waals surface area contributed by atoms with Crippen molar-refractivity contribution in [3.8, 4) is 0 Å². The molecule has 0 bridgehead atoms. The Bertz CT molecular complexity index is 435. The lowest BCUT2D eigenvalue weighted by Crippen LogP contribution is -2.57. The van der Waals surface area contributed by atoms with Crippen molar-refractivity contribution >= 4 is 12.0 Å². The minimum absolute atomic E-state index is 0.0750. The zero-order chi connectivity index (χ0) is 17.7. The molecule has 2 fully saturated rings. The smallest absolute Gasteiger partial charge is 0.317 e. The van der Waals surface area contributed by atoms with Crippen LogP contribution in [0.15, 0.2) is 0 Å². The van der Waals surface area contributed by atoms with Gasteiger partial charge in [-0.15, -0.1) is 0 Å². The monoisotopic (exact) mass is 339 g/mol. The maximum Gasteiger partial charge on any atom is 0.317 e. The van der Waals surface area contributed by atoms with Gasteiger partial charge in [0.15, 0.2) is 0 Å². The second-order valence-electron chi connectivity index (χ2n) is 7.69. The Balaban J connectivity index is 1.74. The number of hydrogen-bond donors (Lipinski definition) is 2. The van der Waals surface area contributed by atoms with E-state index < -0.39 is 5.97 Å². The van der Waals surface area contributed by atoms with E-state index in [1.54, 1.807) is 0 Å². The van der Waals surface area contributed by atoms with Crippen molar-refractivity contribution in [3.63, 3.8) is 0 Å². The number of rotatable bonds is 8. The third kappa shape index (κ3) is 5.10. The van der Waals surface area contributed by atoms with Gasteiger partial charge in [-0.2, -0.15) is 0 Å². The highest BCUT2D eigenvalue weighted by Gasteiger charge is 2.37. The Morgan fingerprint density at radius 2 is 2.04 bits per heavy atom. The number of urea groups is 1. The topological polar surface area (TPSA) is 72.9 Å². The van der Waals surface area contributed by atoms with Crippen LogP contribution in [0.5, 0.6) is 0 Å². The first-order valence-electron chi connectivity index (χ1n) is 9.43. The van der Waals surface area contributed by atoms with Crippen LogP contribution in [0.1, 0.15) is 59.3 Å². The number of hydrogen-bond acceptors (Lipinski definition) is 3. The fraction of sp³-hybridized carbons (Fsp3) is 0.889. The molecule has 0 radical (unpaired) electrons. The molecule has 0 aromatic heterocycles. The summed E-state index contributed by atoms with van der Waals surface area (Å²) in [6.07, 6.45) is 6.21. The third-order valence-electron chi connectivity index (χ3n) is 5.42. The van der Waals surface area contributed by atoms with E-state index in [2.05, 4.69) is 19.2 Å². The van der Waals surface area contributed by atoms with Gasteiger partial charge in [-0.3, -0.25) is 9.69 Å². The average Bonchev–Trinajstić information content (AvgIpc) is 2.94. The summed E-state index contributed by atoms with van der Waals surface area (Å²) in [5.74, 6) is -0.105. The molecule has 1 aliphatic heterocycles. The molecule has 0 aromatic carbocycles. The van der Waals surface area contributed by atoms with Gasteiger partial charge < -0.3 is 15.3 Å². The van der Waals surface area contributed by atoms with E-state index >= 15 is 0 Å². The summed E-state index contributed by atoms with van der Waals surface area (Å²) < 4.78 is 0. The lowest BCUT2D eigenvalue weighted by Gasteiger charge is -2.43. The van der Waals surface area contributed by atoms with Crippen LogP contribution in [0.2, 0.25) is 0 Å². The molecule has 1 saturated carbocycles. The normalized spacial score (nSPS) is 26.7. The Hall–Kier alpha value is -1.30. The van der Waals surface area contributed by atoms with Gasteiger partial charge in [0.25, 0.3) is 0 Å². The van der Waals surface area contributed by atoms with Crippen LogP contribution in [0.3, 0.4) is 0 Å². The maximum atomic E-state index is 12.5. The molecular formula is C18H33N3O3. The predicted molar refractivity (Wildman–Crippen MR) is 94.0 cm³/mol. The summed E-state index contributed by atoms with van der Waals surface area (Å²) in [6.45, 7) is 8.13. The number of nitrogens with one attached hydrogen (secondary N) is 1. The van der Waals surface area contributed by atoms with E-state index in [0.717, 1.165) is 45.2 Å². The number of likely N-dealkylation sites (tertiary alicyclic amines) is 1. The second-order valence-corrected chi connectivity index (χ2v) is 7.69. The quantitative estimate of drug-likeness (QED) is 0.713. The molecule has 1 saturated heterocycles. The first-order chi connectivity index (χ1) is 11.4. The average molecular weight is 339 g/mol. The van der Waals surface area contributed by atoms with Gasteiger partial charge in [0.05, 0.1) is 6.54 Å². The standard InChI is InChI=1S/C18H33N3O3/c1-4-20(12-17(22)23)16-10-14(11-16)19-18(24)21-9-5-6-15(21)8-7-13(2)3/h13-16H,4-12H2,1-3H3,(H,19,24)(H,22,23). The van der Waals surface area contributed by atoms with Gasteiger partial charge in [-0.1, -0.05) is 20.8 Å². The number of carboxylic acids is 1. The highest BCUT2D eigenvalue weighted by molar-refractivity contribution is 5.75. The molecule has 2 N–H and O–H groups in total. The first-order valence-corrected chi connectivity index (χ1v) is 9.43. The van der Waals surface area contributed by atoms with Crippen molar-refractivity contribution < 1.29 is 14.7 Å². The van der Waals surface area contributed by atoms with Crippen LogP contribution < -0.4 is 5.32 Å². The number of likely N-dealkylation sites (N-methyl/N-ethyl adjacent to an activating group) is 1. The molecule has 1 atom stereocenters. The summed E-state index contributed by atoms with van der Waals surface area (Å²) >= 11 is 0. The van der Waals surface area contributed by atoms with Crippen molar-refractivity contribution in [3.05, 3.63) is 0 Å². The summed E-state index contributed by atoms with van der Waals surface area (Å²) in [5.41, 5.74) is 0. The number of carbonyl (C=O) groups is 2. The van der Waals surface area contributed by atoms with Crippen molar-refractivity contribution in [2.45, 2.75) is 77.4 Å². The third-order valence-corrected chi connectivity index (χ3v) is 5.42. The number of amides is 2. The molecule has 6 nitrogen and oxygen atoms in total. The fourth-order valence-corrected chi connectivity index (χ4v) is 3.86. The van der Waals surface area contributed by atoms with E-state index in [1.165, 1.54) is 6.42 Å². The Morgan fingerprint density at radius 1 is 1.33 bits per heavy atom. The summed E-state index contributed by atoms with van der Waals surface area (Å²) in [5, 5.41) is 12.1.